The van der Waals surface area contributed by atoms with Gasteiger partial charge in [0.25, 0.3) is 0 Å². The molecule has 4 atom stereocenters. The number of benzene rings is 1. The standard InChI is InChI=1S/C19H28N2O2/c1-21(13-15-9-5-6-10-18(15)22)19(23)20-12-16-11-17(16)14-7-3-2-4-8-14/h2-4,7-8,15-18,22H,5-6,9-13H2,1H3,(H,20,23). The van der Waals surface area contributed by atoms with E-state index in [-0.39, 0.29) is 18.1 Å². The maximum Gasteiger partial charge on any atom is 0.317 e. The zero-order chi connectivity index (χ0) is 16.2. The third-order valence-corrected chi connectivity index (χ3v) is 5.39. The second-order valence-corrected chi connectivity index (χ2v) is 7.19. The first-order valence-electron chi connectivity index (χ1n) is 8.87. The van der Waals surface area contributed by atoms with E-state index < -0.39 is 0 Å². The predicted molar refractivity (Wildman–Crippen MR) is 91.3 cm³/mol. The van der Waals surface area contributed by atoms with Crippen LogP contribution < -0.4 is 5.32 Å². The van der Waals surface area contributed by atoms with E-state index in [4.69, 9.17) is 0 Å². The highest BCUT2D eigenvalue weighted by atomic mass is 16.3. The van der Waals surface area contributed by atoms with Crippen LogP contribution in [0.4, 0.5) is 4.79 Å². The molecule has 0 spiro atoms. The molecule has 4 heteroatoms. The summed E-state index contributed by atoms with van der Waals surface area (Å²) < 4.78 is 0. The quantitative estimate of drug-likeness (QED) is 0.877. The van der Waals surface area contributed by atoms with E-state index in [2.05, 4.69) is 29.6 Å². The summed E-state index contributed by atoms with van der Waals surface area (Å²) >= 11 is 0. The molecule has 2 N–H and O–H groups in total. The van der Waals surface area contributed by atoms with Crippen LogP contribution in [0, 0.1) is 11.8 Å². The van der Waals surface area contributed by atoms with Crippen LogP contribution in [0.1, 0.15) is 43.6 Å². The van der Waals surface area contributed by atoms with Crippen LogP contribution in [0.15, 0.2) is 30.3 Å². The summed E-state index contributed by atoms with van der Waals surface area (Å²) in [6.45, 7) is 1.40. The summed E-state index contributed by atoms with van der Waals surface area (Å²) in [4.78, 5) is 14.0. The van der Waals surface area contributed by atoms with Crippen molar-refractivity contribution in [3.8, 4) is 0 Å². The number of nitrogens with zero attached hydrogens (tertiary/aromatic N) is 1. The van der Waals surface area contributed by atoms with E-state index in [1.165, 1.54) is 5.56 Å². The first-order valence-corrected chi connectivity index (χ1v) is 8.87. The van der Waals surface area contributed by atoms with Gasteiger partial charge >= 0.3 is 6.03 Å². The fourth-order valence-electron chi connectivity index (χ4n) is 3.77. The number of aliphatic hydroxyl groups excluding tert-OH is 1. The molecule has 0 aliphatic heterocycles. The fraction of sp³-hybridized carbons (Fsp3) is 0.632. The van der Waals surface area contributed by atoms with Crippen molar-refractivity contribution in [2.75, 3.05) is 20.1 Å². The minimum Gasteiger partial charge on any atom is -0.393 e. The smallest absolute Gasteiger partial charge is 0.317 e. The number of amides is 2. The molecule has 0 heterocycles. The number of carbonyl (C=O) groups excluding carboxylic acids is 1. The van der Waals surface area contributed by atoms with Crippen molar-refractivity contribution < 1.29 is 9.90 Å². The van der Waals surface area contributed by atoms with Gasteiger partial charge in [-0.1, -0.05) is 43.2 Å². The van der Waals surface area contributed by atoms with Gasteiger partial charge in [-0.05, 0) is 36.7 Å². The predicted octanol–water partition coefficient (Wildman–Crippen LogP) is 2.98. The van der Waals surface area contributed by atoms with Crippen molar-refractivity contribution in [3.63, 3.8) is 0 Å². The third-order valence-electron chi connectivity index (χ3n) is 5.39. The van der Waals surface area contributed by atoms with Crippen LogP contribution in [0.25, 0.3) is 0 Å². The Morgan fingerprint density at radius 1 is 1.22 bits per heavy atom. The highest BCUT2D eigenvalue weighted by molar-refractivity contribution is 5.73. The van der Waals surface area contributed by atoms with Gasteiger partial charge in [0.1, 0.15) is 0 Å². The van der Waals surface area contributed by atoms with Crippen molar-refractivity contribution in [3.05, 3.63) is 35.9 Å². The Kier molecular flexibility index (Phi) is 5.21. The molecule has 0 bridgehead atoms. The van der Waals surface area contributed by atoms with Crippen molar-refractivity contribution in [1.29, 1.82) is 0 Å². The van der Waals surface area contributed by atoms with Crippen LogP contribution in [-0.4, -0.2) is 42.3 Å². The van der Waals surface area contributed by atoms with Gasteiger partial charge in [-0.15, -0.1) is 0 Å². The largest absolute Gasteiger partial charge is 0.393 e. The molecule has 4 unspecified atom stereocenters. The normalized spacial score (nSPS) is 29.8. The summed E-state index contributed by atoms with van der Waals surface area (Å²) in [5.74, 6) is 1.40. The minimum absolute atomic E-state index is 0.0125. The Labute approximate surface area is 138 Å². The molecule has 2 aliphatic rings. The van der Waals surface area contributed by atoms with Gasteiger partial charge < -0.3 is 15.3 Å². The Balaban J connectivity index is 1.39. The van der Waals surface area contributed by atoms with E-state index >= 15 is 0 Å². The monoisotopic (exact) mass is 316 g/mol. The maximum atomic E-state index is 12.2. The molecule has 0 aromatic heterocycles. The molecule has 0 saturated heterocycles. The zero-order valence-corrected chi connectivity index (χ0v) is 13.9. The molecule has 2 amide bonds. The van der Waals surface area contributed by atoms with E-state index in [0.717, 1.165) is 38.6 Å². The highest BCUT2D eigenvalue weighted by Gasteiger charge is 2.38. The van der Waals surface area contributed by atoms with E-state index in [9.17, 15) is 9.90 Å². The average Bonchev–Trinajstić information content (AvgIpc) is 3.35. The van der Waals surface area contributed by atoms with Crippen LogP contribution in [0.2, 0.25) is 0 Å². The Morgan fingerprint density at radius 2 is 1.96 bits per heavy atom. The number of aliphatic hydroxyl groups is 1. The Bertz CT molecular complexity index is 519. The lowest BCUT2D eigenvalue weighted by Gasteiger charge is -2.31. The number of urea groups is 1. The molecular formula is C19H28N2O2. The topological polar surface area (TPSA) is 52.6 Å². The van der Waals surface area contributed by atoms with E-state index in [1.807, 2.05) is 13.1 Å². The number of rotatable bonds is 5. The van der Waals surface area contributed by atoms with Crippen LogP contribution in [0.3, 0.4) is 0 Å². The molecule has 1 aromatic rings. The molecule has 2 fully saturated rings. The second kappa shape index (κ2) is 7.35. The average molecular weight is 316 g/mol. The number of hydrogen-bond acceptors (Lipinski definition) is 2. The zero-order valence-electron chi connectivity index (χ0n) is 13.9. The molecule has 0 radical (unpaired) electrons. The second-order valence-electron chi connectivity index (χ2n) is 7.19. The fourth-order valence-corrected chi connectivity index (χ4v) is 3.77. The summed E-state index contributed by atoms with van der Waals surface area (Å²) in [5.41, 5.74) is 1.38. The van der Waals surface area contributed by atoms with Crippen molar-refractivity contribution in [2.45, 2.75) is 44.1 Å². The summed E-state index contributed by atoms with van der Waals surface area (Å²) in [7, 11) is 1.83. The van der Waals surface area contributed by atoms with Gasteiger partial charge in [-0.3, -0.25) is 0 Å². The van der Waals surface area contributed by atoms with Gasteiger partial charge in [0.2, 0.25) is 0 Å². The number of hydrogen-bond donors (Lipinski definition) is 2. The molecule has 3 rings (SSSR count). The van der Waals surface area contributed by atoms with Crippen LogP contribution in [0.5, 0.6) is 0 Å². The molecule has 4 nitrogen and oxygen atoms in total. The lowest BCUT2D eigenvalue weighted by molar-refractivity contribution is 0.0565. The summed E-state index contributed by atoms with van der Waals surface area (Å²) in [6, 6.07) is 10.5. The summed E-state index contributed by atoms with van der Waals surface area (Å²) in [5, 5.41) is 13.1. The van der Waals surface area contributed by atoms with E-state index in [1.54, 1.807) is 4.90 Å². The van der Waals surface area contributed by atoms with Gasteiger partial charge in [0.05, 0.1) is 6.10 Å². The summed E-state index contributed by atoms with van der Waals surface area (Å²) in [6.07, 6.45) is 5.09. The van der Waals surface area contributed by atoms with Gasteiger partial charge in [-0.2, -0.15) is 0 Å². The van der Waals surface area contributed by atoms with Gasteiger partial charge in [-0.25, -0.2) is 4.79 Å². The van der Waals surface area contributed by atoms with Crippen LogP contribution >= 0.6 is 0 Å². The lowest BCUT2D eigenvalue weighted by atomic mass is 9.86. The van der Waals surface area contributed by atoms with Crippen molar-refractivity contribution in [2.24, 2.45) is 11.8 Å². The Hall–Kier alpha value is -1.55. The van der Waals surface area contributed by atoms with Crippen molar-refractivity contribution >= 4 is 6.03 Å². The molecule has 1 aromatic carbocycles. The first-order chi connectivity index (χ1) is 11.1. The van der Waals surface area contributed by atoms with Crippen molar-refractivity contribution in [1.82, 2.24) is 10.2 Å². The molecule has 2 saturated carbocycles. The number of nitrogens with one attached hydrogen (secondary N) is 1. The molecule has 2 aliphatic carbocycles. The number of carbonyl (C=O) groups is 1. The Morgan fingerprint density at radius 3 is 2.70 bits per heavy atom. The maximum absolute atomic E-state index is 12.2. The van der Waals surface area contributed by atoms with Gasteiger partial charge in [0.15, 0.2) is 0 Å². The van der Waals surface area contributed by atoms with Gasteiger partial charge in [0, 0.05) is 26.1 Å². The molecular weight excluding hydrogens is 288 g/mol. The van der Waals surface area contributed by atoms with E-state index in [0.29, 0.717) is 18.4 Å². The van der Waals surface area contributed by atoms with Crippen LogP contribution in [-0.2, 0) is 0 Å². The highest BCUT2D eigenvalue weighted by Crippen LogP contribution is 2.46. The lowest BCUT2D eigenvalue weighted by Crippen LogP contribution is -2.43. The molecule has 126 valence electrons. The SMILES string of the molecule is CN(CC1CCCCC1O)C(=O)NCC1CC1c1ccccc1. The third kappa shape index (κ3) is 4.25. The molecule has 23 heavy (non-hydrogen) atoms. The first kappa shape index (κ1) is 16.3. The minimum atomic E-state index is -0.245.